The molecule has 0 aliphatic carbocycles. The fraction of sp³-hybridized carbons (Fsp3) is 0.250. The fourth-order valence-electron chi connectivity index (χ4n) is 1.90. The molecule has 0 spiro atoms. The van der Waals surface area contributed by atoms with Gasteiger partial charge in [0.1, 0.15) is 5.75 Å². The van der Waals surface area contributed by atoms with Crippen molar-refractivity contribution in [2.24, 2.45) is 5.73 Å². The molecule has 0 heterocycles. The second-order valence-electron chi connectivity index (χ2n) is 4.76. The molecule has 0 aromatic heterocycles. The van der Waals surface area contributed by atoms with Gasteiger partial charge in [0.25, 0.3) is 0 Å². The summed E-state index contributed by atoms with van der Waals surface area (Å²) < 4.78 is 0. The molecule has 0 saturated heterocycles. The topological polar surface area (TPSA) is 46.2 Å². The first-order chi connectivity index (χ1) is 9.13. The van der Waals surface area contributed by atoms with Crippen LogP contribution in [-0.2, 0) is 6.42 Å². The van der Waals surface area contributed by atoms with Gasteiger partial charge in [-0.3, -0.25) is 0 Å². The van der Waals surface area contributed by atoms with Crippen LogP contribution >= 0.6 is 11.8 Å². The van der Waals surface area contributed by atoms with E-state index in [9.17, 15) is 5.11 Å². The number of rotatable bonds is 5. The van der Waals surface area contributed by atoms with Crippen LogP contribution in [0.1, 0.15) is 11.1 Å². The average Bonchev–Trinajstić information content (AvgIpc) is 2.39. The Morgan fingerprint density at radius 1 is 1.16 bits per heavy atom. The summed E-state index contributed by atoms with van der Waals surface area (Å²) in [6.45, 7) is 2.10. The zero-order chi connectivity index (χ0) is 13.7. The van der Waals surface area contributed by atoms with Crippen molar-refractivity contribution in [2.75, 3.05) is 5.75 Å². The minimum Gasteiger partial charge on any atom is -0.508 e. The van der Waals surface area contributed by atoms with Crippen molar-refractivity contribution in [2.45, 2.75) is 24.3 Å². The van der Waals surface area contributed by atoms with Crippen LogP contribution in [0.15, 0.2) is 53.4 Å². The molecule has 1 unspecified atom stereocenters. The van der Waals surface area contributed by atoms with Crippen molar-refractivity contribution < 1.29 is 5.11 Å². The Hall–Kier alpha value is -1.45. The lowest BCUT2D eigenvalue weighted by Crippen LogP contribution is -2.25. The third-order valence-corrected chi connectivity index (χ3v) is 4.07. The molecule has 0 aliphatic rings. The number of aromatic hydroxyl groups is 1. The molecule has 3 N–H and O–H groups in total. The first kappa shape index (κ1) is 14.0. The summed E-state index contributed by atoms with van der Waals surface area (Å²) in [4.78, 5) is 1.26. The summed E-state index contributed by atoms with van der Waals surface area (Å²) in [5.74, 6) is 1.19. The molecule has 100 valence electrons. The van der Waals surface area contributed by atoms with Gasteiger partial charge in [-0.2, -0.15) is 0 Å². The SMILES string of the molecule is Cc1cccc(SCC(N)Cc2ccc(O)cc2)c1. The van der Waals surface area contributed by atoms with Gasteiger partial charge >= 0.3 is 0 Å². The highest BCUT2D eigenvalue weighted by molar-refractivity contribution is 7.99. The summed E-state index contributed by atoms with van der Waals surface area (Å²) >= 11 is 1.79. The number of phenols is 1. The van der Waals surface area contributed by atoms with E-state index in [-0.39, 0.29) is 6.04 Å². The van der Waals surface area contributed by atoms with Crippen molar-refractivity contribution in [3.05, 3.63) is 59.7 Å². The first-order valence-electron chi connectivity index (χ1n) is 6.36. The van der Waals surface area contributed by atoms with Crippen LogP contribution in [0.25, 0.3) is 0 Å². The molecule has 2 aromatic carbocycles. The standard InChI is InChI=1S/C16H19NOS/c1-12-3-2-4-16(9-12)19-11-14(17)10-13-5-7-15(18)8-6-13/h2-9,14,18H,10-11,17H2,1H3. The van der Waals surface area contributed by atoms with E-state index in [1.165, 1.54) is 10.5 Å². The molecule has 0 radical (unpaired) electrons. The van der Waals surface area contributed by atoms with Gasteiger partial charge in [0.05, 0.1) is 0 Å². The van der Waals surface area contributed by atoms with Gasteiger partial charge in [-0.15, -0.1) is 11.8 Å². The number of benzene rings is 2. The average molecular weight is 273 g/mol. The summed E-state index contributed by atoms with van der Waals surface area (Å²) in [6, 6.07) is 15.8. The Balaban J connectivity index is 1.84. The number of nitrogens with two attached hydrogens (primary N) is 1. The molecule has 0 aliphatic heterocycles. The molecule has 0 fully saturated rings. The van der Waals surface area contributed by atoms with E-state index < -0.39 is 0 Å². The zero-order valence-electron chi connectivity index (χ0n) is 11.0. The summed E-state index contributed by atoms with van der Waals surface area (Å²) in [7, 11) is 0. The second kappa shape index (κ2) is 6.64. The highest BCUT2D eigenvalue weighted by atomic mass is 32.2. The molecule has 0 bridgehead atoms. The van der Waals surface area contributed by atoms with Crippen LogP contribution in [0.2, 0.25) is 0 Å². The number of hydrogen-bond donors (Lipinski definition) is 2. The minimum absolute atomic E-state index is 0.120. The van der Waals surface area contributed by atoms with E-state index >= 15 is 0 Å². The summed E-state index contributed by atoms with van der Waals surface area (Å²) in [5.41, 5.74) is 8.58. The smallest absolute Gasteiger partial charge is 0.115 e. The van der Waals surface area contributed by atoms with Crippen LogP contribution in [0, 0.1) is 6.92 Å². The van der Waals surface area contributed by atoms with Gasteiger partial charge in [0.15, 0.2) is 0 Å². The molecule has 2 aromatic rings. The highest BCUT2D eigenvalue weighted by Crippen LogP contribution is 2.20. The maximum absolute atomic E-state index is 9.23. The van der Waals surface area contributed by atoms with Crippen LogP contribution in [0.3, 0.4) is 0 Å². The van der Waals surface area contributed by atoms with Gasteiger partial charge in [0, 0.05) is 16.7 Å². The predicted molar refractivity (Wildman–Crippen MR) is 81.7 cm³/mol. The quantitative estimate of drug-likeness (QED) is 0.821. The highest BCUT2D eigenvalue weighted by Gasteiger charge is 2.05. The van der Waals surface area contributed by atoms with E-state index in [4.69, 9.17) is 5.73 Å². The second-order valence-corrected chi connectivity index (χ2v) is 5.85. The van der Waals surface area contributed by atoms with E-state index in [0.717, 1.165) is 17.7 Å². The lowest BCUT2D eigenvalue weighted by atomic mass is 10.1. The largest absolute Gasteiger partial charge is 0.508 e. The Labute approximate surface area is 118 Å². The third kappa shape index (κ3) is 4.62. The number of aryl methyl sites for hydroxylation is 1. The van der Waals surface area contributed by atoms with E-state index in [2.05, 4.69) is 31.2 Å². The third-order valence-electron chi connectivity index (χ3n) is 2.89. The van der Waals surface area contributed by atoms with Crippen molar-refractivity contribution >= 4 is 11.8 Å². The maximum Gasteiger partial charge on any atom is 0.115 e. The van der Waals surface area contributed by atoms with Gasteiger partial charge in [-0.1, -0.05) is 29.8 Å². The number of phenolic OH excluding ortho intramolecular Hbond substituents is 1. The van der Waals surface area contributed by atoms with E-state index in [1.54, 1.807) is 23.9 Å². The lowest BCUT2D eigenvalue weighted by Gasteiger charge is -2.11. The molecule has 2 nitrogen and oxygen atoms in total. The number of hydrogen-bond acceptors (Lipinski definition) is 3. The Bertz CT molecular complexity index is 525. The summed E-state index contributed by atoms with van der Waals surface area (Å²) in [5, 5.41) is 9.23. The molecular formula is C16H19NOS. The fourth-order valence-corrected chi connectivity index (χ4v) is 2.87. The number of thioether (sulfide) groups is 1. The van der Waals surface area contributed by atoms with E-state index in [0.29, 0.717) is 5.75 Å². The van der Waals surface area contributed by atoms with Gasteiger partial charge in [-0.05, 0) is 43.2 Å². The van der Waals surface area contributed by atoms with Crippen LogP contribution in [-0.4, -0.2) is 16.9 Å². The Kier molecular flexibility index (Phi) is 4.88. The monoisotopic (exact) mass is 273 g/mol. The van der Waals surface area contributed by atoms with Crippen LogP contribution in [0.4, 0.5) is 0 Å². The van der Waals surface area contributed by atoms with Crippen molar-refractivity contribution in [1.29, 1.82) is 0 Å². The maximum atomic E-state index is 9.23. The summed E-state index contributed by atoms with van der Waals surface area (Å²) in [6.07, 6.45) is 0.832. The molecule has 0 saturated carbocycles. The molecule has 19 heavy (non-hydrogen) atoms. The van der Waals surface area contributed by atoms with Crippen molar-refractivity contribution in [3.63, 3.8) is 0 Å². The minimum atomic E-state index is 0.120. The molecule has 2 rings (SSSR count). The molecule has 0 amide bonds. The van der Waals surface area contributed by atoms with Crippen molar-refractivity contribution in [1.82, 2.24) is 0 Å². The van der Waals surface area contributed by atoms with Crippen molar-refractivity contribution in [3.8, 4) is 5.75 Å². The van der Waals surface area contributed by atoms with Gasteiger partial charge in [-0.25, -0.2) is 0 Å². The molecule has 1 atom stereocenters. The van der Waals surface area contributed by atoms with Gasteiger partial charge < -0.3 is 10.8 Å². The Morgan fingerprint density at radius 2 is 1.89 bits per heavy atom. The molecular weight excluding hydrogens is 254 g/mol. The Morgan fingerprint density at radius 3 is 2.58 bits per heavy atom. The van der Waals surface area contributed by atoms with Crippen LogP contribution in [0.5, 0.6) is 5.75 Å². The first-order valence-corrected chi connectivity index (χ1v) is 7.35. The predicted octanol–water partition coefficient (Wildman–Crippen LogP) is 3.36. The van der Waals surface area contributed by atoms with E-state index in [1.807, 2.05) is 12.1 Å². The zero-order valence-corrected chi connectivity index (χ0v) is 11.9. The van der Waals surface area contributed by atoms with Gasteiger partial charge in [0.2, 0.25) is 0 Å². The lowest BCUT2D eigenvalue weighted by molar-refractivity contribution is 0.475. The molecule has 3 heteroatoms. The van der Waals surface area contributed by atoms with Crippen LogP contribution < -0.4 is 5.73 Å². The normalized spacial score (nSPS) is 12.3.